The van der Waals surface area contributed by atoms with E-state index in [4.69, 9.17) is 5.73 Å². The van der Waals surface area contributed by atoms with Gasteiger partial charge in [0.25, 0.3) is 0 Å². The summed E-state index contributed by atoms with van der Waals surface area (Å²) in [5, 5.41) is 0. The zero-order valence-corrected chi connectivity index (χ0v) is 13.2. The molecule has 2 N–H and O–H groups in total. The number of nitrogens with zero attached hydrogens (tertiary/aromatic N) is 1. The molecule has 1 rings (SSSR count). The minimum absolute atomic E-state index is 0.353. The van der Waals surface area contributed by atoms with E-state index in [-0.39, 0.29) is 0 Å². The lowest BCUT2D eigenvalue weighted by Gasteiger charge is -2.37. The molecule has 1 fully saturated rings. The van der Waals surface area contributed by atoms with Crippen molar-refractivity contribution >= 4 is 0 Å². The maximum atomic E-state index is 6.25. The maximum absolute atomic E-state index is 6.25. The van der Waals surface area contributed by atoms with Gasteiger partial charge in [-0.25, -0.2) is 0 Å². The summed E-state index contributed by atoms with van der Waals surface area (Å²) in [5.74, 6) is 0.864. The van der Waals surface area contributed by atoms with Crippen LogP contribution in [0.4, 0.5) is 0 Å². The Balaban J connectivity index is 2.29. The highest BCUT2D eigenvalue weighted by Crippen LogP contribution is 2.28. The van der Waals surface area contributed by atoms with Crippen molar-refractivity contribution in [3.05, 3.63) is 0 Å². The van der Waals surface area contributed by atoms with Crippen molar-refractivity contribution in [1.82, 2.24) is 4.90 Å². The molecule has 2 heteroatoms. The molecule has 0 aromatic rings. The smallest absolute Gasteiger partial charge is 0.0118 e. The fourth-order valence-electron chi connectivity index (χ4n) is 3.38. The largest absolute Gasteiger partial charge is 0.328 e. The molecule has 0 bridgehead atoms. The van der Waals surface area contributed by atoms with Gasteiger partial charge in [-0.05, 0) is 50.6 Å². The summed E-state index contributed by atoms with van der Waals surface area (Å²) >= 11 is 0. The molecule has 108 valence electrons. The molecule has 3 atom stereocenters. The Morgan fingerprint density at radius 2 is 1.83 bits per heavy atom. The van der Waals surface area contributed by atoms with E-state index in [0.29, 0.717) is 11.5 Å². The Morgan fingerprint density at radius 1 is 1.22 bits per heavy atom. The minimum atomic E-state index is 0.353. The van der Waals surface area contributed by atoms with Gasteiger partial charge in [-0.1, -0.05) is 40.5 Å². The molecular weight excluding hydrogens is 220 g/mol. The van der Waals surface area contributed by atoms with Crippen molar-refractivity contribution in [2.75, 3.05) is 13.6 Å². The van der Waals surface area contributed by atoms with Crippen LogP contribution in [0, 0.1) is 11.3 Å². The van der Waals surface area contributed by atoms with E-state index in [0.717, 1.165) is 31.3 Å². The van der Waals surface area contributed by atoms with Gasteiger partial charge in [0.1, 0.15) is 0 Å². The minimum Gasteiger partial charge on any atom is -0.328 e. The number of hydrogen-bond acceptors (Lipinski definition) is 2. The molecule has 1 aliphatic carbocycles. The predicted molar refractivity (Wildman–Crippen MR) is 80.7 cm³/mol. The second-order valence-corrected chi connectivity index (χ2v) is 7.62. The second kappa shape index (κ2) is 6.91. The molecule has 18 heavy (non-hydrogen) atoms. The first-order valence-corrected chi connectivity index (χ1v) is 7.75. The van der Waals surface area contributed by atoms with Crippen LogP contribution in [0.3, 0.4) is 0 Å². The van der Waals surface area contributed by atoms with Crippen molar-refractivity contribution < 1.29 is 0 Å². The number of hydrogen-bond donors (Lipinski definition) is 1. The fraction of sp³-hybridized carbons (Fsp3) is 1.00. The highest BCUT2D eigenvalue weighted by molar-refractivity contribution is 4.80. The van der Waals surface area contributed by atoms with Crippen molar-refractivity contribution in [3.8, 4) is 0 Å². The van der Waals surface area contributed by atoms with Crippen LogP contribution in [0.25, 0.3) is 0 Å². The zero-order valence-electron chi connectivity index (χ0n) is 13.2. The first kappa shape index (κ1) is 16.0. The Morgan fingerprint density at radius 3 is 2.39 bits per heavy atom. The third-order valence-corrected chi connectivity index (χ3v) is 4.36. The van der Waals surface area contributed by atoms with E-state index < -0.39 is 0 Å². The van der Waals surface area contributed by atoms with Gasteiger partial charge in [-0.15, -0.1) is 0 Å². The van der Waals surface area contributed by atoms with E-state index in [2.05, 4.69) is 39.6 Å². The Bertz CT molecular complexity index is 232. The van der Waals surface area contributed by atoms with Gasteiger partial charge in [-0.2, -0.15) is 0 Å². The van der Waals surface area contributed by atoms with E-state index in [9.17, 15) is 0 Å². The monoisotopic (exact) mass is 254 g/mol. The summed E-state index contributed by atoms with van der Waals surface area (Å²) in [4.78, 5) is 2.56. The Hall–Kier alpha value is -0.0800. The summed E-state index contributed by atoms with van der Waals surface area (Å²) < 4.78 is 0. The lowest BCUT2D eigenvalue weighted by atomic mass is 9.84. The lowest BCUT2D eigenvalue weighted by molar-refractivity contribution is 0.133. The molecule has 3 unspecified atom stereocenters. The molecule has 1 aliphatic rings. The van der Waals surface area contributed by atoms with Crippen molar-refractivity contribution in [3.63, 3.8) is 0 Å². The molecule has 0 heterocycles. The SMILES string of the molecule is CC1CCCCC1N(C)CCC(N)CC(C)(C)C. The molecule has 0 amide bonds. The van der Waals surface area contributed by atoms with Gasteiger partial charge in [-0.3, -0.25) is 0 Å². The van der Waals surface area contributed by atoms with Gasteiger partial charge < -0.3 is 10.6 Å². The third-order valence-electron chi connectivity index (χ3n) is 4.36. The predicted octanol–water partition coefficient (Wildman–Crippen LogP) is 3.65. The maximum Gasteiger partial charge on any atom is 0.0118 e. The van der Waals surface area contributed by atoms with Crippen LogP contribution >= 0.6 is 0 Å². The summed E-state index contributed by atoms with van der Waals surface area (Å²) in [6, 6.07) is 1.15. The summed E-state index contributed by atoms with van der Waals surface area (Å²) in [6.07, 6.45) is 7.88. The highest BCUT2D eigenvalue weighted by atomic mass is 15.1. The van der Waals surface area contributed by atoms with Gasteiger partial charge in [0.15, 0.2) is 0 Å². The molecule has 0 aliphatic heterocycles. The molecule has 0 radical (unpaired) electrons. The molecule has 0 saturated heterocycles. The standard InChI is InChI=1S/C16H34N2/c1-13-8-6-7-9-15(13)18(5)11-10-14(17)12-16(2,3)4/h13-15H,6-12,17H2,1-5H3. The number of nitrogens with two attached hydrogens (primary N) is 1. The normalized spacial score (nSPS) is 27.5. The van der Waals surface area contributed by atoms with Crippen molar-refractivity contribution in [2.24, 2.45) is 17.1 Å². The van der Waals surface area contributed by atoms with Crippen molar-refractivity contribution in [2.45, 2.75) is 78.3 Å². The Kier molecular flexibility index (Phi) is 6.13. The van der Waals surface area contributed by atoms with Crippen LogP contribution in [-0.4, -0.2) is 30.6 Å². The first-order valence-electron chi connectivity index (χ1n) is 7.75. The van der Waals surface area contributed by atoms with E-state index in [1.807, 2.05) is 0 Å². The van der Waals surface area contributed by atoms with Crippen LogP contribution in [0.1, 0.15) is 66.2 Å². The highest BCUT2D eigenvalue weighted by Gasteiger charge is 2.25. The van der Waals surface area contributed by atoms with Gasteiger partial charge in [0.05, 0.1) is 0 Å². The number of rotatable bonds is 5. The average Bonchev–Trinajstić information content (AvgIpc) is 2.24. The van der Waals surface area contributed by atoms with Crippen LogP contribution in [-0.2, 0) is 0 Å². The van der Waals surface area contributed by atoms with Crippen LogP contribution in [0.5, 0.6) is 0 Å². The van der Waals surface area contributed by atoms with Crippen LogP contribution in [0.2, 0.25) is 0 Å². The zero-order chi connectivity index (χ0) is 13.8. The molecular formula is C16H34N2. The van der Waals surface area contributed by atoms with Gasteiger partial charge in [0, 0.05) is 12.1 Å². The van der Waals surface area contributed by atoms with Crippen molar-refractivity contribution in [1.29, 1.82) is 0 Å². The lowest BCUT2D eigenvalue weighted by Crippen LogP contribution is -2.41. The van der Waals surface area contributed by atoms with E-state index in [1.165, 1.54) is 25.7 Å². The van der Waals surface area contributed by atoms with Crippen LogP contribution in [0.15, 0.2) is 0 Å². The van der Waals surface area contributed by atoms with Crippen LogP contribution < -0.4 is 5.73 Å². The second-order valence-electron chi connectivity index (χ2n) is 7.62. The van der Waals surface area contributed by atoms with E-state index >= 15 is 0 Å². The summed E-state index contributed by atoms with van der Waals surface area (Å²) in [5.41, 5.74) is 6.60. The first-order chi connectivity index (χ1) is 8.29. The summed E-state index contributed by atoms with van der Waals surface area (Å²) in [7, 11) is 2.29. The Labute approximate surface area is 114 Å². The van der Waals surface area contributed by atoms with E-state index in [1.54, 1.807) is 0 Å². The quantitative estimate of drug-likeness (QED) is 0.811. The topological polar surface area (TPSA) is 29.3 Å². The third kappa shape index (κ3) is 5.71. The molecule has 0 spiro atoms. The van der Waals surface area contributed by atoms with Gasteiger partial charge in [0.2, 0.25) is 0 Å². The fourth-order valence-corrected chi connectivity index (χ4v) is 3.38. The summed E-state index contributed by atoms with van der Waals surface area (Å²) in [6.45, 7) is 10.4. The molecule has 1 saturated carbocycles. The average molecular weight is 254 g/mol. The van der Waals surface area contributed by atoms with Gasteiger partial charge >= 0.3 is 0 Å². The molecule has 0 aromatic heterocycles. The molecule has 0 aromatic carbocycles. The molecule has 2 nitrogen and oxygen atoms in total.